The van der Waals surface area contributed by atoms with Crippen LogP contribution in [0.5, 0.6) is 23.0 Å². The number of nitrogens with zero attached hydrogens (tertiary/aromatic N) is 3. The van der Waals surface area contributed by atoms with Crippen LogP contribution in [0.15, 0.2) is 36.5 Å². The molecule has 12 nitrogen and oxygen atoms in total. The highest BCUT2D eigenvalue weighted by molar-refractivity contribution is 7.51. The maximum atomic E-state index is 8.29. The molecule has 1 heterocycles. The van der Waals surface area contributed by atoms with Crippen molar-refractivity contribution in [2.75, 3.05) is 64.1 Å². The van der Waals surface area contributed by atoms with Gasteiger partial charge in [0, 0.05) is 44.0 Å². The van der Waals surface area contributed by atoms with Crippen LogP contribution in [0.3, 0.4) is 0 Å². The van der Waals surface area contributed by atoms with Gasteiger partial charge >= 0.3 is 11.6 Å². The summed E-state index contributed by atoms with van der Waals surface area (Å²) in [6.45, 7) is 1.16. The van der Waals surface area contributed by atoms with Crippen molar-refractivity contribution in [2.24, 2.45) is 5.73 Å². The van der Waals surface area contributed by atoms with Crippen LogP contribution in [0.25, 0.3) is 0 Å². The molecule has 0 aliphatic rings. The molecule has 37 heavy (non-hydrogen) atoms. The average Bonchev–Trinajstić information content (AvgIpc) is 2.90. The van der Waals surface area contributed by atoms with Gasteiger partial charge in [-0.1, -0.05) is 11.6 Å². The molecule has 4 N–H and O–H groups in total. The van der Waals surface area contributed by atoms with Crippen molar-refractivity contribution in [3.63, 3.8) is 0 Å². The quantitative estimate of drug-likeness (QED) is 0.320. The number of nitrogens with one attached hydrogen (secondary N) is 2. The van der Waals surface area contributed by atoms with Crippen LogP contribution in [-0.4, -0.2) is 67.0 Å². The number of hydrogen-bond acceptors (Lipinski definition) is 12. The summed E-state index contributed by atoms with van der Waals surface area (Å²) in [5.74, 6) is 2.97. The first-order valence-corrected chi connectivity index (χ1v) is 11.8. The Morgan fingerprint density at radius 2 is 1.65 bits per heavy atom. The standard InChI is InChI=1S/C23H29ClN6O4.O2S/c1-30(9-8-25)18-12-15(31-2)6-7-17(18)28-22-16(24)13-26-23(29-22)27-14-10-19(32-3)21(34-5)20(11-14)33-4;1-3-2/h6-7,10-13H,8-9,25H2,1-5H3,(H2,26,27,28,29);. The largest absolute Gasteiger partial charge is 0.497 e. The van der Waals surface area contributed by atoms with E-state index in [1.165, 1.54) is 6.20 Å². The fourth-order valence-electron chi connectivity index (χ4n) is 3.30. The molecule has 3 aromatic rings. The van der Waals surface area contributed by atoms with Crippen molar-refractivity contribution in [3.8, 4) is 23.0 Å². The van der Waals surface area contributed by atoms with E-state index in [0.717, 1.165) is 17.1 Å². The number of ether oxygens (including phenoxy) is 4. The molecule has 0 atom stereocenters. The minimum atomic E-state index is -0.750. The van der Waals surface area contributed by atoms with Gasteiger partial charge in [-0.05, 0) is 12.1 Å². The number of benzene rings is 2. The Morgan fingerprint density at radius 1 is 1.00 bits per heavy atom. The predicted molar refractivity (Wildman–Crippen MR) is 144 cm³/mol. The van der Waals surface area contributed by atoms with Crippen molar-refractivity contribution in [3.05, 3.63) is 41.6 Å². The first-order valence-electron chi connectivity index (χ1n) is 10.7. The monoisotopic (exact) mass is 552 g/mol. The number of aromatic nitrogens is 2. The van der Waals surface area contributed by atoms with Gasteiger partial charge in [0.15, 0.2) is 17.3 Å². The fraction of sp³-hybridized carbons (Fsp3) is 0.304. The Hall–Kier alpha value is -3.81. The van der Waals surface area contributed by atoms with E-state index in [-0.39, 0.29) is 0 Å². The summed E-state index contributed by atoms with van der Waals surface area (Å²) in [6.07, 6.45) is 1.52. The molecular formula is C23H29ClN6O6S. The number of methoxy groups -OCH3 is 4. The van der Waals surface area contributed by atoms with Crippen LogP contribution in [0.1, 0.15) is 0 Å². The van der Waals surface area contributed by atoms with Gasteiger partial charge in [0.25, 0.3) is 0 Å². The molecule has 0 unspecified atom stereocenters. The Kier molecular flexibility index (Phi) is 11.7. The molecular weight excluding hydrogens is 524 g/mol. The van der Waals surface area contributed by atoms with Crippen LogP contribution >= 0.6 is 11.6 Å². The number of halogens is 1. The molecule has 0 radical (unpaired) electrons. The molecule has 0 fully saturated rings. The first kappa shape index (κ1) is 29.4. The van der Waals surface area contributed by atoms with Crippen molar-refractivity contribution in [1.29, 1.82) is 0 Å². The molecule has 1 aromatic heterocycles. The van der Waals surface area contributed by atoms with E-state index in [2.05, 4.69) is 20.6 Å². The Bertz CT molecular complexity index is 1200. The average molecular weight is 553 g/mol. The topological polar surface area (TPSA) is 150 Å². The third-order valence-electron chi connectivity index (χ3n) is 5.00. The number of rotatable bonds is 11. The van der Waals surface area contributed by atoms with Crippen molar-refractivity contribution in [1.82, 2.24) is 9.97 Å². The summed E-state index contributed by atoms with van der Waals surface area (Å²) < 4.78 is 38.2. The second-order valence-corrected chi connectivity index (χ2v) is 7.76. The SMILES string of the molecule is COc1ccc(Nc2nc(Nc3cc(OC)c(OC)c(OC)c3)ncc2Cl)c(N(C)CCN)c1.O=S=O. The molecule has 2 aromatic carbocycles. The van der Waals surface area contributed by atoms with Crippen molar-refractivity contribution in [2.45, 2.75) is 0 Å². The number of hydrogen-bond donors (Lipinski definition) is 3. The van der Waals surface area contributed by atoms with E-state index in [1.54, 1.807) is 40.6 Å². The summed E-state index contributed by atoms with van der Waals surface area (Å²) in [6, 6.07) is 9.19. The van der Waals surface area contributed by atoms with Gasteiger partial charge in [0.2, 0.25) is 11.7 Å². The lowest BCUT2D eigenvalue weighted by Gasteiger charge is -2.23. The lowest BCUT2D eigenvalue weighted by molar-refractivity contribution is 0.324. The minimum Gasteiger partial charge on any atom is -0.497 e. The minimum absolute atomic E-state index is 0.326. The number of nitrogens with two attached hydrogens (primary N) is 1. The lowest BCUT2D eigenvalue weighted by atomic mass is 10.2. The Labute approximate surface area is 223 Å². The van der Waals surface area contributed by atoms with Crippen LogP contribution in [0, 0.1) is 0 Å². The zero-order valence-corrected chi connectivity index (χ0v) is 22.6. The second-order valence-electron chi connectivity index (χ2n) is 7.22. The molecule has 0 saturated heterocycles. The smallest absolute Gasteiger partial charge is 0.335 e. The van der Waals surface area contributed by atoms with Gasteiger partial charge in [0.1, 0.15) is 10.8 Å². The zero-order valence-electron chi connectivity index (χ0n) is 21.0. The fourth-order valence-corrected chi connectivity index (χ4v) is 3.44. The molecule has 0 amide bonds. The summed E-state index contributed by atoms with van der Waals surface area (Å²) >= 11 is 5.66. The van der Waals surface area contributed by atoms with E-state index >= 15 is 0 Å². The van der Waals surface area contributed by atoms with Crippen LogP contribution in [0.4, 0.5) is 28.8 Å². The van der Waals surface area contributed by atoms with Crippen LogP contribution in [0.2, 0.25) is 5.02 Å². The van der Waals surface area contributed by atoms with Crippen LogP contribution in [-0.2, 0) is 11.6 Å². The van der Waals surface area contributed by atoms with E-state index < -0.39 is 11.6 Å². The maximum Gasteiger partial charge on any atom is 0.335 e. The highest BCUT2D eigenvalue weighted by Gasteiger charge is 2.16. The number of likely N-dealkylation sites (N-methyl/N-ethyl adjacent to an activating group) is 1. The normalized spacial score (nSPS) is 9.92. The molecule has 0 bridgehead atoms. The summed E-state index contributed by atoms with van der Waals surface area (Å²) in [4.78, 5) is 10.9. The Balaban J connectivity index is 0.00000153. The molecule has 3 rings (SSSR count). The third kappa shape index (κ3) is 7.84. The Morgan fingerprint density at radius 3 is 2.19 bits per heavy atom. The number of anilines is 5. The first-order chi connectivity index (χ1) is 17.8. The van der Waals surface area contributed by atoms with Gasteiger partial charge in [-0.25, -0.2) is 4.98 Å². The molecule has 0 aliphatic carbocycles. The maximum absolute atomic E-state index is 8.29. The van der Waals surface area contributed by atoms with Gasteiger partial charge in [-0.2, -0.15) is 13.4 Å². The van der Waals surface area contributed by atoms with E-state index in [1.807, 2.05) is 30.1 Å². The molecule has 200 valence electrons. The molecule has 0 spiro atoms. The molecule has 0 aliphatic heterocycles. The van der Waals surface area contributed by atoms with Crippen molar-refractivity contribution < 1.29 is 27.4 Å². The lowest BCUT2D eigenvalue weighted by Crippen LogP contribution is -2.25. The molecule has 0 saturated carbocycles. The summed E-state index contributed by atoms with van der Waals surface area (Å²) in [5.41, 5.74) is 8.07. The summed E-state index contributed by atoms with van der Waals surface area (Å²) in [7, 11) is 8.22. The van der Waals surface area contributed by atoms with Gasteiger partial charge in [0.05, 0.1) is 46.0 Å². The highest BCUT2D eigenvalue weighted by atomic mass is 35.5. The molecule has 14 heteroatoms. The van der Waals surface area contributed by atoms with E-state index in [4.69, 9.17) is 44.7 Å². The van der Waals surface area contributed by atoms with Crippen LogP contribution < -0.4 is 40.2 Å². The zero-order chi connectivity index (χ0) is 27.4. The van der Waals surface area contributed by atoms with Gasteiger partial charge < -0.3 is 40.2 Å². The third-order valence-corrected chi connectivity index (χ3v) is 5.28. The van der Waals surface area contributed by atoms with Gasteiger partial charge in [-0.3, -0.25) is 0 Å². The van der Waals surface area contributed by atoms with E-state index in [9.17, 15) is 0 Å². The van der Waals surface area contributed by atoms with Gasteiger partial charge in [-0.15, -0.1) is 0 Å². The van der Waals surface area contributed by atoms with E-state index in [0.29, 0.717) is 52.8 Å². The second kappa shape index (κ2) is 14.7. The predicted octanol–water partition coefficient (Wildman–Crippen LogP) is 3.38. The van der Waals surface area contributed by atoms with Crippen molar-refractivity contribution >= 4 is 52.0 Å². The highest BCUT2D eigenvalue weighted by Crippen LogP contribution is 2.40. The summed E-state index contributed by atoms with van der Waals surface area (Å²) in [5, 5.41) is 6.80.